The van der Waals surface area contributed by atoms with Crippen molar-refractivity contribution < 1.29 is 14.3 Å². The smallest absolute Gasteiger partial charge is 0.410 e. The lowest BCUT2D eigenvalue weighted by molar-refractivity contribution is -0.117. The van der Waals surface area contributed by atoms with Gasteiger partial charge in [-0.2, -0.15) is 0 Å². The summed E-state index contributed by atoms with van der Waals surface area (Å²) in [6.45, 7) is 7.19. The van der Waals surface area contributed by atoms with Crippen molar-refractivity contribution in [1.82, 2.24) is 10.2 Å². The van der Waals surface area contributed by atoms with Crippen LogP contribution in [0.2, 0.25) is 0 Å². The summed E-state index contributed by atoms with van der Waals surface area (Å²) in [5, 5.41) is 8.38. The minimum absolute atomic E-state index is 0.0967. The van der Waals surface area contributed by atoms with Crippen LogP contribution < -0.4 is 10.6 Å². The molecule has 1 aliphatic rings. The quantitative estimate of drug-likeness (QED) is 0.741. The molecule has 1 atom stereocenters. The Labute approximate surface area is 173 Å². The van der Waals surface area contributed by atoms with Crippen LogP contribution in [0.15, 0.2) is 40.9 Å². The first-order chi connectivity index (χ1) is 13.2. The molecule has 2 amide bonds. The van der Waals surface area contributed by atoms with Crippen LogP contribution in [0.4, 0.5) is 10.5 Å². The predicted octanol–water partition coefficient (Wildman–Crippen LogP) is 4.14. The molecule has 0 aliphatic carbocycles. The zero-order valence-electron chi connectivity index (χ0n) is 16.4. The van der Waals surface area contributed by atoms with Gasteiger partial charge >= 0.3 is 6.09 Å². The zero-order valence-corrected chi connectivity index (χ0v) is 18.0. The van der Waals surface area contributed by atoms with E-state index in [0.29, 0.717) is 19.6 Å². The van der Waals surface area contributed by atoms with Crippen molar-refractivity contribution in [3.05, 3.63) is 40.9 Å². The number of halogens is 1. The lowest BCUT2D eigenvalue weighted by Gasteiger charge is -2.34. The molecule has 0 aromatic heterocycles. The van der Waals surface area contributed by atoms with Crippen molar-refractivity contribution in [2.75, 3.05) is 25.0 Å². The molecule has 0 saturated carbocycles. The molecule has 2 N–H and O–H groups in total. The Hall–Kier alpha value is -2.12. The van der Waals surface area contributed by atoms with E-state index in [1.165, 1.54) is 0 Å². The van der Waals surface area contributed by atoms with Gasteiger partial charge in [-0.3, -0.25) is 4.79 Å². The van der Waals surface area contributed by atoms with Crippen LogP contribution in [0.5, 0.6) is 0 Å². The fourth-order valence-electron chi connectivity index (χ4n) is 3.24. The maximum atomic E-state index is 12.7. The molecular formula is C21H26BrN3O3. The van der Waals surface area contributed by atoms with Crippen LogP contribution in [0, 0.1) is 0 Å². The summed E-state index contributed by atoms with van der Waals surface area (Å²) in [4.78, 5) is 26.6. The SMILES string of the molecule is CC(C)(C)OC(=O)N1CCNC(CC(=O)Nc2c(Br)ccc3ccccc23)C1. The van der Waals surface area contributed by atoms with E-state index in [2.05, 4.69) is 26.6 Å². The third-order valence-electron chi connectivity index (χ3n) is 4.48. The number of ether oxygens (including phenoxy) is 1. The van der Waals surface area contributed by atoms with Gasteiger partial charge in [-0.25, -0.2) is 4.79 Å². The predicted molar refractivity (Wildman–Crippen MR) is 114 cm³/mol. The molecule has 2 aromatic carbocycles. The van der Waals surface area contributed by atoms with E-state index in [1.54, 1.807) is 4.90 Å². The van der Waals surface area contributed by atoms with Crippen molar-refractivity contribution in [1.29, 1.82) is 0 Å². The van der Waals surface area contributed by atoms with Gasteiger partial charge in [0.1, 0.15) is 5.60 Å². The number of carbonyl (C=O) groups is 2. The maximum absolute atomic E-state index is 12.7. The summed E-state index contributed by atoms with van der Waals surface area (Å²) < 4.78 is 6.28. The van der Waals surface area contributed by atoms with Gasteiger partial charge in [-0.05, 0) is 48.2 Å². The molecule has 7 heteroatoms. The first-order valence-corrected chi connectivity index (χ1v) is 10.2. The molecule has 1 aliphatic heterocycles. The fraction of sp³-hybridized carbons (Fsp3) is 0.429. The molecule has 0 bridgehead atoms. The van der Waals surface area contributed by atoms with Crippen LogP contribution in [-0.4, -0.2) is 48.2 Å². The van der Waals surface area contributed by atoms with Gasteiger partial charge in [-0.1, -0.05) is 30.3 Å². The fourth-order valence-corrected chi connectivity index (χ4v) is 3.69. The van der Waals surface area contributed by atoms with Gasteiger partial charge in [0.25, 0.3) is 0 Å². The van der Waals surface area contributed by atoms with Crippen LogP contribution >= 0.6 is 15.9 Å². The molecule has 1 heterocycles. The first-order valence-electron chi connectivity index (χ1n) is 9.41. The van der Waals surface area contributed by atoms with Crippen LogP contribution in [0.25, 0.3) is 10.8 Å². The number of carbonyl (C=O) groups excluding carboxylic acids is 2. The van der Waals surface area contributed by atoms with E-state index in [1.807, 2.05) is 57.2 Å². The van der Waals surface area contributed by atoms with Gasteiger partial charge in [0.15, 0.2) is 0 Å². The van der Waals surface area contributed by atoms with Crippen molar-refractivity contribution in [3.63, 3.8) is 0 Å². The lowest BCUT2D eigenvalue weighted by atomic mass is 10.1. The molecule has 3 rings (SSSR count). The van der Waals surface area contributed by atoms with E-state index in [-0.39, 0.29) is 24.5 Å². The number of hydrogen-bond acceptors (Lipinski definition) is 4. The van der Waals surface area contributed by atoms with Crippen LogP contribution in [0.1, 0.15) is 27.2 Å². The van der Waals surface area contributed by atoms with Crippen LogP contribution in [0.3, 0.4) is 0 Å². The van der Waals surface area contributed by atoms with Crippen molar-refractivity contribution in [3.8, 4) is 0 Å². The largest absolute Gasteiger partial charge is 0.444 e. The topological polar surface area (TPSA) is 70.7 Å². The molecule has 6 nitrogen and oxygen atoms in total. The Morgan fingerprint density at radius 3 is 2.75 bits per heavy atom. The minimum atomic E-state index is -0.532. The number of rotatable bonds is 3. The van der Waals surface area contributed by atoms with Gasteiger partial charge in [0, 0.05) is 42.0 Å². The van der Waals surface area contributed by atoms with E-state index >= 15 is 0 Å². The maximum Gasteiger partial charge on any atom is 0.410 e. The van der Waals surface area contributed by atoms with Gasteiger partial charge in [0.05, 0.1) is 5.69 Å². The van der Waals surface area contributed by atoms with Crippen molar-refractivity contribution in [2.24, 2.45) is 0 Å². The van der Waals surface area contributed by atoms with Gasteiger partial charge in [0.2, 0.25) is 5.91 Å². The van der Waals surface area contributed by atoms with E-state index in [0.717, 1.165) is 20.9 Å². The highest BCUT2D eigenvalue weighted by Gasteiger charge is 2.28. The molecule has 1 unspecified atom stereocenters. The summed E-state index contributed by atoms with van der Waals surface area (Å²) in [6, 6.07) is 11.7. The summed E-state index contributed by atoms with van der Waals surface area (Å²) in [5.41, 5.74) is 0.234. The molecule has 1 saturated heterocycles. The molecule has 150 valence electrons. The van der Waals surface area contributed by atoms with E-state index in [4.69, 9.17) is 4.74 Å². The monoisotopic (exact) mass is 447 g/mol. The number of piperazine rings is 1. The molecule has 28 heavy (non-hydrogen) atoms. The Bertz CT molecular complexity index is 879. The third-order valence-corrected chi connectivity index (χ3v) is 5.14. The second-order valence-electron chi connectivity index (χ2n) is 7.97. The summed E-state index contributed by atoms with van der Waals surface area (Å²) in [6.07, 6.45) is -0.0641. The number of amides is 2. The Balaban J connectivity index is 1.64. The van der Waals surface area contributed by atoms with Crippen LogP contribution in [-0.2, 0) is 9.53 Å². The molecule has 0 radical (unpaired) electrons. The Morgan fingerprint density at radius 2 is 2.00 bits per heavy atom. The number of nitrogens with zero attached hydrogens (tertiary/aromatic N) is 1. The molecule has 0 spiro atoms. The average Bonchev–Trinajstić information content (AvgIpc) is 2.63. The van der Waals surface area contributed by atoms with Gasteiger partial charge in [-0.15, -0.1) is 0 Å². The zero-order chi connectivity index (χ0) is 20.3. The number of anilines is 1. The van der Waals surface area contributed by atoms with E-state index in [9.17, 15) is 9.59 Å². The Morgan fingerprint density at radius 1 is 1.25 bits per heavy atom. The summed E-state index contributed by atoms with van der Waals surface area (Å²) >= 11 is 3.53. The highest BCUT2D eigenvalue weighted by atomic mass is 79.9. The summed E-state index contributed by atoms with van der Waals surface area (Å²) in [7, 11) is 0. The molecule has 1 fully saturated rings. The number of hydrogen-bond donors (Lipinski definition) is 2. The van der Waals surface area contributed by atoms with E-state index < -0.39 is 5.60 Å². The number of fused-ring (bicyclic) bond motifs is 1. The lowest BCUT2D eigenvalue weighted by Crippen LogP contribution is -2.54. The summed E-state index contributed by atoms with van der Waals surface area (Å²) in [5.74, 6) is -0.0967. The third kappa shape index (κ3) is 5.23. The molecular weight excluding hydrogens is 422 g/mol. The minimum Gasteiger partial charge on any atom is -0.444 e. The first kappa shape index (κ1) is 20.6. The van der Waals surface area contributed by atoms with Crippen molar-refractivity contribution >= 4 is 44.4 Å². The average molecular weight is 448 g/mol. The standard InChI is InChI=1S/C21H26BrN3O3/c1-21(2,3)28-20(27)25-11-10-23-15(13-25)12-18(26)24-19-16-7-5-4-6-14(16)8-9-17(19)22/h4-9,15,23H,10-13H2,1-3H3,(H,24,26). The second kappa shape index (κ2) is 8.49. The highest BCUT2D eigenvalue weighted by Crippen LogP contribution is 2.31. The molecule has 2 aromatic rings. The normalized spacial score (nSPS) is 17.4. The van der Waals surface area contributed by atoms with Crippen molar-refractivity contribution in [2.45, 2.75) is 38.8 Å². The highest BCUT2D eigenvalue weighted by molar-refractivity contribution is 9.10. The van der Waals surface area contributed by atoms with Gasteiger partial charge < -0.3 is 20.3 Å². The number of nitrogens with one attached hydrogen (secondary N) is 2. The number of benzene rings is 2. The second-order valence-corrected chi connectivity index (χ2v) is 8.83. The Kier molecular flexibility index (Phi) is 6.25.